The van der Waals surface area contributed by atoms with Gasteiger partial charge < -0.3 is 14.4 Å². The summed E-state index contributed by atoms with van der Waals surface area (Å²) in [5.41, 5.74) is 0.412. The quantitative estimate of drug-likeness (QED) is 0.130. The molecule has 5 heteroatoms. The number of thiocarbonyl (C=S) groups is 1. The number of esters is 1. The highest BCUT2D eigenvalue weighted by Crippen LogP contribution is 2.20. The third kappa shape index (κ3) is 25.6. The first-order valence-corrected chi connectivity index (χ1v) is 13.4. The van der Waals surface area contributed by atoms with Crippen LogP contribution in [0.25, 0.3) is 0 Å². The number of carbonyl (C=O) groups is 1. The van der Waals surface area contributed by atoms with E-state index in [9.17, 15) is 4.79 Å². The van der Waals surface area contributed by atoms with Gasteiger partial charge in [0, 0.05) is 19.5 Å². The highest BCUT2D eigenvalue weighted by Gasteiger charge is 2.17. The van der Waals surface area contributed by atoms with Gasteiger partial charge >= 0.3 is 5.97 Å². The summed E-state index contributed by atoms with van der Waals surface area (Å²) in [4.78, 5) is 14.5. The lowest BCUT2D eigenvalue weighted by atomic mass is 9.93. The zero-order valence-corrected chi connectivity index (χ0v) is 23.8. The smallest absolute Gasteiger partial charge is 0.307 e. The van der Waals surface area contributed by atoms with Gasteiger partial charge in [-0.2, -0.15) is 0 Å². The predicted octanol–water partition coefficient (Wildman–Crippen LogP) is 7.82. The zero-order valence-electron chi connectivity index (χ0n) is 23.0. The number of carbonyl (C=O) groups excluding carboxylic acids is 1. The summed E-state index contributed by atoms with van der Waals surface area (Å²) >= 11 is 5.26. The van der Waals surface area contributed by atoms with Crippen molar-refractivity contribution >= 4 is 23.2 Å². The van der Waals surface area contributed by atoms with Gasteiger partial charge in [0.05, 0.1) is 19.6 Å². The minimum absolute atomic E-state index is 0.0786. The molecule has 0 aromatic heterocycles. The molecule has 0 bridgehead atoms. The first kappa shape index (κ1) is 33.5. The van der Waals surface area contributed by atoms with Crippen molar-refractivity contribution in [3.63, 3.8) is 0 Å². The molecule has 0 aliphatic heterocycles. The van der Waals surface area contributed by atoms with E-state index in [1.54, 1.807) is 0 Å². The molecule has 0 amide bonds. The number of rotatable bonds is 16. The van der Waals surface area contributed by atoms with Crippen LogP contribution >= 0.6 is 12.2 Å². The minimum Gasteiger partial charge on any atom is -0.487 e. The number of nitrogens with zero attached hydrogens (tertiary/aromatic N) is 1. The third-order valence-electron chi connectivity index (χ3n) is 4.65. The van der Waals surface area contributed by atoms with Gasteiger partial charge in [0.2, 0.25) is 0 Å². The van der Waals surface area contributed by atoms with Crippen LogP contribution in [0.4, 0.5) is 0 Å². The van der Waals surface area contributed by atoms with E-state index in [1.807, 2.05) is 13.8 Å². The van der Waals surface area contributed by atoms with E-state index < -0.39 is 0 Å². The molecule has 0 aromatic rings. The Kier molecular flexibility index (Phi) is 20.7. The summed E-state index contributed by atoms with van der Waals surface area (Å²) in [7, 11) is 0. The van der Waals surface area contributed by atoms with Gasteiger partial charge in [0.25, 0.3) is 0 Å². The maximum Gasteiger partial charge on any atom is 0.307 e. The van der Waals surface area contributed by atoms with Crippen molar-refractivity contribution in [1.29, 1.82) is 0 Å². The Labute approximate surface area is 206 Å². The fourth-order valence-electron chi connectivity index (χ4n) is 3.26. The first-order valence-electron chi connectivity index (χ1n) is 13.0. The van der Waals surface area contributed by atoms with Gasteiger partial charge in [-0.15, -0.1) is 0 Å². The van der Waals surface area contributed by atoms with Crippen molar-refractivity contribution in [2.24, 2.45) is 10.8 Å². The molecule has 4 nitrogen and oxygen atoms in total. The molecule has 0 N–H and O–H groups in total. The number of hydrogen-bond acceptors (Lipinski definition) is 5. The molecule has 0 unspecified atom stereocenters. The molecule has 0 heterocycles. The van der Waals surface area contributed by atoms with Crippen molar-refractivity contribution < 1.29 is 14.3 Å². The average Bonchev–Trinajstić information content (AvgIpc) is 2.67. The fourth-order valence-corrected chi connectivity index (χ4v) is 3.78. The minimum atomic E-state index is -0.0786. The lowest BCUT2D eigenvalue weighted by molar-refractivity contribution is -0.144. The van der Waals surface area contributed by atoms with E-state index in [2.05, 4.69) is 53.4 Å². The Morgan fingerprint density at radius 1 is 0.781 bits per heavy atom. The van der Waals surface area contributed by atoms with Crippen molar-refractivity contribution in [2.75, 3.05) is 32.8 Å². The molecular formula is C27H55NO3S. The Balaban J connectivity index is 0. The van der Waals surface area contributed by atoms with Gasteiger partial charge in [-0.05, 0) is 55.3 Å². The number of ether oxygens (including phenoxy) is 2. The van der Waals surface area contributed by atoms with Crippen molar-refractivity contribution in [3.05, 3.63) is 0 Å². The Bertz CT molecular complexity index is 467. The molecule has 32 heavy (non-hydrogen) atoms. The Morgan fingerprint density at radius 3 is 1.88 bits per heavy atom. The van der Waals surface area contributed by atoms with Crippen LogP contribution in [-0.4, -0.2) is 48.8 Å². The number of unbranched alkanes of at least 4 members (excludes halogenated alkanes) is 5. The van der Waals surface area contributed by atoms with Gasteiger partial charge in [-0.3, -0.25) is 4.79 Å². The van der Waals surface area contributed by atoms with E-state index >= 15 is 0 Å². The molecule has 0 saturated heterocycles. The molecule has 192 valence electrons. The lowest BCUT2D eigenvalue weighted by Crippen LogP contribution is -2.35. The van der Waals surface area contributed by atoms with Crippen LogP contribution in [0.2, 0.25) is 0 Å². The van der Waals surface area contributed by atoms with Gasteiger partial charge in [0.1, 0.15) is 0 Å². The van der Waals surface area contributed by atoms with Gasteiger partial charge in [-0.1, -0.05) is 81.6 Å². The SMILES string of the molecule is CC.CCCCCCN(CCC(=O)OCCCCCOC(=S)CC(C)(C)C)CC(C)(C)C. The third-order valence-corrected chi connectivity index (χ3v) is 4.91. The average molecular weight is 474 g/mol. The Hall–Kier alpha value is -0.680. The lowest BCUT2D eigenvalue weighted by Gasteiger charge is -2.29. The van der Waals surface area contributed by atoms with E-state index in [-0.39, 0.29) is 16.8 Å². The van der Waals surface area contributed by atoms with Crippen molar-refractivity contribution in [1.82, 2.24) is 4.90 Å². The molecule has 0 fully saturated rings. The highest BCUT2D eigenvalue weighted by molar-refractivity contribution is 7.80. The standard InChI is InChI=1S/C25H49NO3S.C2H6/c1-8-9-10-12-16-26(21-25(5,6)7)17-15-22(27)28-18-13-11-14-19-29-23(30)20-24(2,3)4;1-2/h8-21H2,1-7H3;1-2H3. The van der Waals surface area contributed by atoms with Gasteiger partial charge in [-0.25, -0.2) is 0 Å². The summed E-state index contributed by atoms with van der Waals surface area (Å²) in [6.45, 7) is 23.5. The zero-order chi connectivity index (χ0) is 25.0. The molecule has 0 radical (unpaired) electrons. The first-order chi connectivity index (χ1) is 14.9. The second-order valence-corrected chi connectivity index (χ2v) is 11.3. The predicted molar refractivity (Wildman–Crippen MR) is 143 cm³/mol. The summed E-state index contributed by atoms with van der Waals surface area (Å²) in [5, 5.41) is 0.698. The molecule has 0 aromatic carbocycles. The van der Waals surface area contributed by atoms with Gasteiger partial charge in [0.15, 0.2) is 5.05 Å². The topological polar surface area (TPSA) is 38.8 Å². The van der Waals surface area contributed by atoms with E-state index in [4.69, 9.17) is 21.7 Å². The molecule has 0 saturated carbocycles. The normalized spacial score (nSPS) is 11.7. The monoisotopic (exact) mass is 473 g/mol. The van der Waals surface area contributed by atoms with E-state index in [1.165, 1.54) is 25.7 Å². The van der Waals surface area contributed by atoms with Crippen LogP contribution in [0.1, 0.15) is 120 Å². The summed E-state index contributed by atoms with van der Waals surface area (Å²) in [6.07, 6.45) is 9.12. The molecule has 0 spiro atoms. The summed E-state index contributed by atoms with van der Waals surface area (Å²) in [5.74, 6) is -0.0786. The van der Waals surface area contributed by atoms with E-state index in [0.717, 1.165) is 45.3 Å². The number of hydrogen-bond donors (Lipinski definition) is 0. The van der Waals surface area contributed by atoms with Crippen LogP contribution in [0.3, 0.4) is 0 Å². The molecule has 0 aliphatic carbocycles. The molecular weight excluding hydrogens is 418 g/mol. The molecule has 0 atom stereocenters. The summed E-state index contributed by atoms with van der Waals surface area (Å²) in [6, 6.07) is 0. The van der Waals surface area contributed by atoms with Crippen LogP contribution < -0.4 is 0 Å². The molecule has 0 aliphatic rings. The van der Waals surface area contributed by atoms with Crippen LogP contribution in [0.15, 0.2) is 0 Å². The van der Waals surface area contributed by atoms with E-state index in [0.29, 0.717) is 24.7 Å². The van der Waals surface area contributed by atoms with Crippen LogP contribution in [-0.2, 0) is 14.3 Å². The van der Waals surface area contributed by atoms with Crippen LogP contribution in [0.5, 0.6) is 0 Å². The second-order valence-electron chi connectivity index (χ2n) is 10.9. The largest absolute Gasteiger partial charge is 0.487 e. The Morgan fingerprint density at radius 2 is 1.34 bits per heavy atom. The fraction of sp³-hybridized carbons (Fsp3) is 0.926. The van der Waals surface area contributed by atoms with Crippen molar-refractivity contribution in [2.45, 2.75) is 120 Å². The molecule has 0 rings (SSSR count). The maximum absolute atomic E-state index is 12.1. The summed E-state index contributed by atoms with van der Waals surface area (Å²) < 4.78 is 11.0. The maximum atomic E-state index is 12.1. The van der Waals surface area contributed by atoms with Crippen molar-refractivity contribution in [3.8, 4) is 0 Å². The highest BCUT2D eigenvalue weighted by atomic mass is 32.1. The van der Waals surface area contributed by atoms with Crippen LogP contribution in [0, 0.1) is 10.8 Å². The second kappa shape index (κ2) is 19.8.